The summed E-state index contributed by atoms with van der Waals surface area (Å²) in [7, 11) is 0. The van der Waals surface area contributed by atoms with Gasteiger partial charge >= 0.3 is 0 Å². The first-order chi connectivity index (χ1) is 14.3. The van der Waals surface area contributed by atoms with Crippen molar-refractivity contribution in [2.75, 3.05) is 0 Å². The number of hydrogen-bond acceptors (Lipinski definition) is 3. The number of hydrogen-bond donors (Lipinski definition) is 0. The Morgan fingerprint density at radius 1 is 0.724 bits per heavy atom. The molecule has 0 spiro atoms. The molecular formula is C24H14BrN3O. The van der Waals surface area contributed by atoms with Crippen LogP contribution < -0.4 is 4.74 Å². The predicted molar refractivity (Wildman–Crippen MR) is 120 cm³/mol. The van der Waals surface area contributed by atoms with Crippen LogP contribution in [0, 0.1) is 0 Å². The van der Waals surface area contributed by atoms with Crippen molar-refractivity contribution in [3.63, 3.8) is 0 Å². The van der Waals surface area contributed by atoms with Crippen LogP contribution >= 0.6 is 15.9 Å². The van der Waals surface area contributed by atoms with Crippen LogP contribution in [0.15, 0.2) is 89.5 Å². The van der Waals surface area contributed by atoms with Crippen molar-refractivity contribution in [1.82, 2.24) is 14.4 Å². The quantitative estimate of drug-likeness (QED) is 0.280. The van der Waals surface area contributed by atoms with Gasteiger partial charge in [0, 0.05) is 21.4 Å². The van der Waals surface area contributed by atoms with Crippen LogP contribution in [0.1, 0.15) is 0 Å². The van der Waals surface area contributed by atoms with E-state index in [-0.39, 0.29) is 0 Å². The van der Waals surface area contributed by atoms with E-state index in [9.17, 15) is 0 Å². The molecule has 3 heterocycles. The van der Waals surface area contributed by atoms with Gasteiger partial charge in [-0.25, -0.2) is 9.97 Å². The van der Waals surface area contributed by atoms with E-state index in [1.807, 2.05) is 60.8 Å². The van der Waals surface area contributed by atoms with Gasteiger partial charge in [0.25, 0.3) is 0 Å². The summed E-state index contributed by atoms with van der Waals surface area (Å²) < 4.78 is 9.24. The monoisotopic (exact) mass is 439 g/mol. The number of nitrogens with zero attached hydrogens (tertiary/aromatic N) is 3. The SMILES string of the molecule is Brc1cccc(Oc2ccc3c4cccnc4n4c5ccccc5nc4c3c2)c1. The van der Waals surface area contributed by atoms with Crippen molar-refractivity contribution in [1.29, 1.82) is 0 Å². The highest BCUT2D eigenvalue weighted by atomic mass is 79.9. The fourth-order valence-electron chi connectivity index (χ4n) is 3.88. The number of ether oxygens (including phenoxy) is 1. The van der Waals surface area contributed by atoms with Crippen LogP contribution in [0.2, 0.25) is 0 Å². The molecule has 0 saturated heterocycles. The third-order valence-corrected chi connectivity index (χ3v) is 5.61. The Kier molecular flexibility index (Phi) is 3.58. The molecule has 0 N–H and O–H groups in total. The highest BCUT2D eigenvalue weighted by Crippen LogP contribution is 2.34. The van der Waals surface area contributed by atoms with Crippen molar-refractivity contribution in [2.45, 2.75) is 0 Å². The average Bonchev–Trinajstić information content (AvgIpc) is 3.14. The maximum atomic E-state index is 6.12. The van der Waals surface area contributed by atoms with Crippen LogP contribution in [-0.2, 0) is 0 Å². The molecule has 3 aromatic carbocycles. The molecule has 0 unspecified atom stereocenters. The van der Waals surface area contributed by atoms with Crippen molar-refractivity contribution >= 4 is 54.4 Å². The molecule has 0 bridgehead atoms. The molecule has 6 aromatic rings. The maximum Gasteiger partial charge on any atom is 0.147 e. The molecule has 0 amide bonds. The van der Waals surface area contributed by atoms with Gasteiger partial charge in [0.15, 0.2) is 0 Å². The zero-order chi connectivity index (χ0) is 19.4. The van der Waals surface area contributed by atoms with Crippen LogP contribution in [0.4, 0.5) is 0 Å². The van der Waals surface area contributed by atoms with E-state index in [4.69, 9.17) is 9.72 Å². The zero-order valence-corrected chi connectivity index (χ0v) is 16.8. The normalized spacial score (nSPS) is 11.6. The third kappa shape index (κ3) is 2.58. The van der Waals surface area contributed by atoms with Crippen molar-refractivity contribution < 1.29 is 4.74 Å². The summed E-state index contributed by atoms with van der Waals surface area (Å²) in [6.45, 7) is 0. The van der Waals surface area contributed by atoms with Gasteiger partial charge in [-0.1, -0.05) is 34.1 Å². The van der Waals surface area contributed by atoms with E-state index >= 15 is 0 Å². The number of fused-ring (bicyclic) bond motifs is 8. The minimum absolute atomic E-state index is 0.771. The molecule has 0 fully saturated rings. The second kappa shape index (κ2) is 6.29. The lowest BCUT2D eigenvalue weighted by Crippen LogP contribution is -1.94. The average molecular weight is 440 g/mol. The fourth-order valence-corrected chi connectivity index (χ4v) is 4.26. The zero-order valence-electron chi connectivity index (χ0n) is 15.2. The summed E-state index contributed by atoms with van der Waals surface area (Å²) in [5.74, 6) is 1.55. The Bertz CT molecular complexity index is 1550. The molecule has 0 radical (unpaired) electrons. The van der Waals surface area contributed by atoms with E-state index in [1.54, 1.807) is 0 Å². The van der Waals surface area contributed by atoms with Gasteiger partial charge in [-0.05, 0) is 66.0 Å². The van der Waals surface area contributed by atoms with Crippen LogP contribution in [0.3, 0.4) is 0 Å². The number of para-hydroxylation sites is 2. The maximum absolute atomic E-state index is 6.12. The van der Waals surface area contributed by atoms with Gasteiger partial charge in [0.2, 0.25) is 0 Å². The topological polar surface area (TPSA) is 39.4 Å². The Morgan fingerprint density at radius 2 is 1.62 bits per heavy atom. The molecule has 138 valence electrons. The second-order valence-corrected chi connectivity index (χ2v) is 7.82. The summed E-state index contributed by atoms with van der Waals surface area (Å²) >= 11 is 3.49. The largest absolute Gasteiger partial charge is 0.457 e. The second-order valence-electron chi connectivity index (χ2n) is 6.90. The Balaban J connectivity index is 1.69. The van der Waals surface area contributed by atoms with E-state index in [0.717, 1.165) is 54.5 Å². The molecule has 3 aromatic heterocycles. The Hall–Kier alpha value is -3.44. The number of pyridine rings is 2. The van der Waals surface area contributed by atoms with Gasteiger partial charge in [-0.2, -0.15) is 0 Å². The van der Waals surface area contributed by atoms with Crippen molar-refractivity contribution in [3.8, 4) is 11.5 Å². The molecule has 29 heavy (non-hydrogen) atoms. The molecule has 0 aliphatic rings. The van der Waals surface area contributed by atoms with Gasteiger partial charge in [0.1, 0.15) is 22.8 Å². The van der Waals surface area contributed by atoms with Crippen LogP contribution in [-0.4, -0.2) is 14.4 Å². The van der Waals surface area contributed by atoms with Crippen LogP contribution in [0.5, 0.6) is 11.5 Å². The van der Waals surface area contributed by atoms with E-state index < -0.39 is 0 Å². The van der Waals surface area contributed by atoms with E-state index in [2.05, 4.69) is 49.6 Å². The molecule has 4 nitrogen and oxygen atoms in total. The Morgan fingerprint density at radius 3 is 2.55 bits per heavy atom. The van der Waals surface area contributed by atoms with Crippen molar-refractivity contribution in [3.05, 3.63) is 89.5 Å². The summed E-state index contributed by atoms with van der Waals surface area (Å²) in [6, 6.07) is 26.2. The minimum atomic E-state index is 0.771. The standard InChI is InChI=1S/C24H14BrN3O/c25-15-5-3-6-16(13-15)29-17-10-11-18-19-7-4-12-26-23(19)28-22-9-2-1-8-21(22)27-24(28)20(18)14-17/h1-14H. The summed E-state index contributed by atoms with van der Waals surface area (Å²) in [5.41, 5.74) is 3.79. The van der Waals surface area contributed by atoms with E-state index in [0.29, 0.717) is 0 Å². The molecule has 6 rings (SSSR count). The number of benzene rings is 3. The van der Waals surface area contributed by atoms with Gasteiger partial charge in [0.05, 0.1) is 11.0 Å². The first kappa shape index (κ1) is 16.5. The lowest BCUT2D eigenvalue weighted by atomic mass is 10.1. The first-order valence-electron chi connectivity index (χ1n) is 9.29. The number of rotatable bonds is 2. The Labute approximate surface area is 174 Å². The van der Waals surface area contributed by atoms with Gasteiger partial charge < -0.3 is 4.74 Å². The summed E-state index contributed by atoms with van der Waals surface area (Å²) in [6.07, 6.45) is 1.83. The highest BCUT2D eigenvalue weighted by Gasteiger charge is 2.14. The lowest BCUT2D eigenvalue weighted by molar-refractivity contribution is 0.483. The van der Waals surface area contributed by atoms with Crippen LogP contribution in [0.25, 0.3) is 38.5 Å². The predicted octanol–water partition coefficient (Wildman–Crippen LogP) is 6.74. The molecule has 0 aliphatic carbocycles. The molecule has 0 saturated carbocycles. The van der Waals surface area contributed by atoms with Gasteiger partial charge in [-0.15, -0.1) is 0 Å². The molecule has 5 heteroatoms. The van der Waals surface area contributed by atoms with E-state index in [1.165, 1.54) is 0 Å². The van der Waals surface area contributed by atoms with Gasteiger partial charge in [-0.3, -0.25) is 4.40 Å². The molecular weight excluding hydrogens is 426 g/mol. The lowest BCUT2D eigenvalue weighted by Gasteiger charge is -2.11. The molecule has 0 atom stereocenters. The minimum Gasteiger partial charge on any atom is -0.457 e. The van der Waals surface area contributed by atoms with Crippen molar-refractivity contribution in [2.24, 2.45) is 0 Å². The summed E-state index contributed by atoms with van der Waals surface area (Å²) in [5, 5.41) is 3.24. The summed E-state index contributed by atoms with van der Waals surface area (Å²) in [4.78, 5) is 9.58. The fraction of sp³-hybridized carbons (Fsp3) is 0. The number of imidazole rings is 1. The number of halogens is 1. The number of aromatic nitrogens is 3. The highest BCUT2D eigenvalue weighted by molar-refractivity contribution is 9.10. The third-order valence-electron chi connectivity index (χ3n) is 5.11. The molecule has 0 aliphatic heterocycles. The smallest absolute Gasteiger partial charge is 0.147 e. The first-order valence-corrected chi connectivity index (χ1v) is 10.1.